The molecule has 150 valence electrons. The minimum Gasteiger partial charge on any atom is -0.506 e. The zero-order valence-electron chi connectivity index (χ0n) is 14.2. The van der Waals surface area contributed by atoms with E-state index in [1.807, 2.05) is 0 Å². The quantitative estimate of drug-likeness (QED) is 0.367. The normalized spacial score (nSPS) is 16.6. The third-order valence-corrected chi connectivity index (χ3v) is 8.90. The molecule has 0 unspecified atom stereocenters. The number of phenols is 2. The molecular formula is C19H10Br2Cl2O5S. The van der Waals surface area contributed by atoms with E-state index in [-0.39, 0.29) is 26.4 Å². The number of phenolic OH excluding ortho intramolecular Hbond substituents is 2. The molecule has 0 amide bonds. The fourth-order valence-corrected chi connectivity index (χ4v) is 6.60. The van der Waals surface area contributed by atoms with Crippen molar-refractivity contribution in [1.82, 2.24) is 0 Å². The van der Waals surface area contributed by atoms with Crippen LogP contribution in [0.3, 0.4) is 0 Å². The van der Waals surface area contributed by atoms with Crippen molar-refractivity contribution in [3.63, 3.8) is 0 Å². The molecular weight excluding hydrogens is 571 g/mol. The summed E-state index contributed by atoms with van der Waals surface area (Å²) in [5.41, 5.74) is -0.584. The van der Waals surface area contributed by atoms with E-state index in [0.29, 0.717) is 25.6 Å². The third kappa shape index (κ3) is 3.17. The van der Waals surface area contributed by atoms with Crippen molar-refractivity contribution in [3.05, 3.63) is 84.2 Å². The molecule has 2 N–H and O–H groups in total. The minimum atomic E-state index is -4.20. The molecule has 0 spiro atoms. The molecule has 10 heteroatoms. The lowest BCUT2D eigenvalue weighted by Crippen LogP contribution is -2.29. The van der Waals surface area contributed by atoms with Crippen molar-refractivity contribution in [3.8, 4) is 11.5 Å². The summed E-state index contributed by atoms with van der Waals surface area (Å²) < 4.78 is 32.7. The monoisotopic (exact) mass is 578 g/mol. The third-order valence-electron chi connectivity index (χ3n) is 4.62. The fourth-order valence-electron chi connectivity index (χ4n) is 3.33. The van der Waals surface area contributed by atoms with Gasteiger partial charge in [0, 0.05) is 10.0 Å². The van der Waals surface area contributed by atoms with Crippen molar-refractivity contribution in [1.29, 1.82) is 0 Å². The van der Waals surface area contributed by atoms with Gasteiger partial charge >= 0.3 is 0 Å². The van der Waals surface area contributed by atoms with Gasteiger partial charge in [0.25, 0.3) is 10.1 Å². The maximum Gasteiger partial charge on any atom is 0.300 e. The van der Waals surface area contributed by atoms with Crippen molar-refractivity contribution in [2.24, 2.45) is 0 Å². The van der Waals surface area contributed by atoms with Gasteiger partial charge in [-0.3, -0.25) is 0 Å². The molecule has 0 radical (unpaired) electrons. The molecule has 0 aliphatic carbocycles. The maximum absolute atomic E-state index is 13.1. The van der Waals surface area contributed by atoms with E-state index in [0.717, 1.165) is 0 Å². The number of rotatable bonds is 2. The summed E-state index contributed by atoms with van der Waals surface area (Å²) in [6, 6.07) is 11.9. The zero-order chi connectivity index (χ0) is 21.1. The molecule has 0 aromatic heterocycles. The molecule has 1 aliphatic rings. The molecule has 1 heterocycles. The standard InChI is InChI=1S/C19H10Br2Cl2O5S/c20-12-4-3-11-18(17(12)21)29(26,27)28-19(11,9-1-5-15(24)13(22)7-9)10-2-6-16(25)14(23)8-10/h1-8,24-25H. The lowest BCUT2D eigenvalue weighted by atomic mass is 9.80. The first-order valence-electron chi connectivity index (χ1n) is 8.00. The Morgan fingerprint density at radius 1 is 0.862 bits per heavy atom. The second-order valence-electron chi connectivity index (χ2n) is 6.29. The van der Waals surface area contributed by atoms with Gasteiger partial charge < -0.3 is 10.2 Å². The first-order valence-corrected chi connectivity index (χ1v) is 11.7. The van der Waals surface area contributed by atoms with Gasteiger partial charge in [-0.05, 0) is 73.3 Å². The highest BCUT2D eigenvalue weighted by Crippen LogP contribution is 2.54. The van der Waals surface area contributed by atoms with Gasteiger partial charge in [-0.2, -0.15) is 8.42 Å². The summed E-state index contributed by atoms with van der Waals surface area (Å²) in [6.07, 6.45) is 0. The Labute approximate surface area is 193 Å². The average Bonchev–Trinajstić information content (AvgIpc) is 2.91. The van der Waals surface area contributed by atoms with Crippen molar-refractivity contribution in [2.75, 3.05) is 0 Å². The lowest BCUT2D eigenvalue weighted by Gasteiger charge is -2.30. The Morgan fingerprint density at radius 2 is 1.38 bits per heavy atom. The highest BCUT2D eigenvalue weighted by Gasteiger charge is 2.52. The van der Waals surface area contributed by atoms with Crippen LogP contribution in [-0.4, -0.2) is 18.6 Å². The van der Waals surface area contributed by atoms with Crippen molar-refractivity contribution < 1.29 is 22.8 Å². The van der Waals surface area contributed by atoms with Gasteiger partial charge in [0.2, 0.25) is 0 Å². The molecule has 0 fully saturated rings. The predicted octanol–water partition coefficient (Wildman–Crippen LogP) is 5.94. The summed E-state index contributed by atoms with van der Waals surface area (Å²) in [5, 5.41) is 19.7. The first-order chi connectivity index (χ1) is 13.6. The molecule has 5 nitrogen and oxygen atoms in total. The van der Waals surface area contributed by atoms with Crippen LogP contribution in [0.5, 0.6) is 11.5 Å². The Kier molecular flexibility index (Phi) is 5.16. The smallest absolute Gasteiger partial charge is 0.300 e. The van der Waals surface area contributed by atoms with Crippen LogP contribution in [0.25, 0.3) is 0 Å². The van der Waals surface area contributed by atoms with Gasteiger partial charge in [0.05, 0.1) is 14.5 Å². The molecule has 0 saturated heterocycles. The number of benzene rings is 3. The van der Waals surface area contributed by atoms with Gasteiger partial charge in [0.15, 0.2) is 5.60 Å². The Bertz CT molecular complexity index is 1230. The van der Waals surface area contributed by atoms with Gasteiger partial charge in [-0.15, -0.1) is 0 Å². The molecule has 3 aromatic carbocycles. The Balaban J connectivity index is 2.16. The van der Waals surface area contributed by atoms with E-state index >= 15 is 0 Å². The maximum atomic E-state index is 13.1. The molecule has 0 bridgehead atoms. The Morgan fingerprint density at radius 3 is 1.86 bits per heavy atom. The zero-order valence-corrected chi connectivity index (χ0v) is 19.7. The summed E-state index contributed by atoms with van der Waals surface area (Å²) in [4.78, 5) is -0.0414. The largest absolute Gasteiger partial charge is 0.506 e. The summed E-state index contributed by atoms with van der Waals surface area (Å²) in [7, 11) is -4.20. The number of fused-ring (bicyclic) bond motifs is 1. The van der Waals surface area contributed by atoms with E-state index in [2.05, 4.69) is 31.9 Å². The highest BCUT2D eigenvalue weighted by molar-refractivity contribution is 9.13. The molecule has 1 aliphatic heterocycles. The molecule has 0 saturated carbocycles. The van der Waals surface area contributed by atoms with Gasteiger partial charge in [-0.25, -0.2) is 4.18 Å². The summed E-state index contributed by atoms with van der Waals surface area (Å²) >= 11 is 18.9. The molecule has 4 rings (SSSR count). The van der Waals surface area contributed by atoms with Gasteiger partial charge in [-0.1, -0.05) is 41.4 Å². The topological polar surface area (TPSA) is 83.8 Å². The number of aromatic hydroxyl groups is 2. The molecule has 29 heavy (non-hydrogen) atoms. The van der Waals surface area contributed by atoms with Crippen LogP contribution in [-0.2, 0) is 19.9 Å². The van der Waals surface area contributed by atoms with E-state index in [4.69, 9.17) is 27.4 Å². The molecule has 3 aromatic rings. The second-order valence-corrected chi connectivity index (χ2v) is 10.2. The van der Waals surface area contributed by atoms with Crippen LogP contribution in [0.15, 0.2) is 62.4 Å². The van der Waals surface area contributed by atoms with Crippen LogP contribution in [0.1, 0.15) is 16.7 Å². The number of hydrogen-bond acceptors (Lipinski definition) is 5. The Hall–Kier alpha value is -1.29. The average molecular weight is 581 g/mol. The van der Waals surface area contributed by atoms with Gasteiger partial charge in [0.1, 0.15) is 16.4 Å². The first kappa shape index (κ1) is 21.0. The fraction of sp³-hybridized carbons (Fsp3) is 0.0526. The van der Waals surface area contributed by atoms with Crippen molar-refractivity contribution in [2.45, 2.75) is 10.5 Å². The SMILES string of the molecule is O=S1(=O)OC(c2ccc(O)c(Cl)c2)(c2ccc(O)c(Cl)c2)c2ccc(Br)c(Br)c21. The lowest BCUT2D eigenvalue weighted by molar-refractivity contribution is 0.180. The highest BCUT2D eigenvalue weighted by atomic mass is 79.9. The van der Waals surface area contributed by atoms with Crippen LogP contribution in [0.2, 0.25) is 10.0 Å². The van der Waals surface area contributed by atoms with E-state index in [9.17, 15) is 18.6 Å². The van der Waals surface area contributed by atoms with E-state index in [1.165, 1.54) is 36.4 Å². The predicted molar refractivity (Wildman–Crippen MR) is 116 cm³/mol. The molecule has 0 atom stereocenters. The van der Waals surface area contributed by atoms with Crippen LogP contribution in [0.4, 0.5) is 0 Å². The summed E-state index contributed by atoms with van der Waals surface area (Å²) in [6.45, 7) is 0. The van der Waals surface area contributed by atoms with E-state index in [1.54, 1.807) is 12.1 Å². The number of halogens is 4. The van der Waals surface area contributed by atoms with Crippen LogP contribution >= 0.6 is 55.1 Å². The summed E-state index contributed by atoms with van der Waals surface area (Å²) in [5.74, 6) is -0.320. The number of hydrogen-bond donors (Lipinski definition) is 2. The second kappa shape index (κ2) is 7.14. The van der Waals surface area contributed by atoms with E-state index < -0.39 is 15.7 Å². The van der Waals surface area contributed by atoms with Crippen LogP contribution < -0.4 is 0 Å². The minimum absolute atomic E-state index is 0.0253. The van der Waals surface area contributed by atoms with Crippen molar-refractivity contribution >= 4 is 65.2 Å². The van der Waals surface area contributed by atoms with Crippen LogP contribution in [0, 0.1) is 0 Å².